The molecule has 0 saturated carbocycles. The van der Waals surface area contributed by atoms with E-state index in [0.29, 0.717) is 24.8 Å². The standard InChI is InChI=1S/C18H26N2O2/c1-2-12-19-17-11-4-3-10-16(17)18(21)20-13-6-5-8-15-9-7-14-22-15/h2-4,10-11,15,19H,1,5-9,12-14H2,(H,20,21)/t15-/m1/s1. The molecule has 1 aliphatic heterocycles. The predicted octanol–water partition coefficient (Wildman–Crippen LogP) is 3.36. The maximum atomic E-state index is 12.2. The zero-order valence-corrected chi connectivity index (χ0v) is 13.1. The number of ether oxygens (including phenoxy) is 1. The van der Waals surface area contributed by atoms with Crippen molar-refractivity contribution in [3.05, 3.63) is 42.5 Å². The minimum atomic E-state index is -0.0238. The van der Waals surface area contributed by atoms with Crippen LogP contribution in [0.15, 0.2) is 36.9 Å². The van der Waals surface area contributed by atoms with Gasteiger partial charge < -0.3 is 15.4 Å². The van der Waals surface area contributed by atoms with Crippen LogP contribution < -0.4 is 10.6 Å². The van der Waals surface area contributed by atoms with E-state index < -0.39 is 0 Å². The number of carbonyl (C=O) groups is 1. The number of amides is 1. The van der Waals surface area contributed by atoms with Crippen LogP contribution in [0.25, 0.3) is 0 Å². The molecule has 0 bridgehead atoms. The van der Waals surface area contributed by atoms with E-state index in [0.717, 1.165) is 31.6 Å². The second kappa shape index (κ2) is 9.26. The Bertz CT molecular complexity index is 482. The first-order valence-corrected chi connectivity index (χ1v) is 8.15. The fourth-order valence-corrected chi connectivity index (χ4v) is 2.68. The highest BCUT2D eigenvalue weighted by Gasteiger charge is 2.14. The summed E-state index contributed by atoms with van der Waals surface area (Å²) in [5.74, 6) is -0.0238. The van der Waals surface area contributed by atoms with Gasteiger partial charge in [0.15, 0.2) is 0 Å². The Morgan fingerprint density at radius 3 is 3.00 bits per heavy atom. The van der Waals surface area contributed by atoms with Crippen molar-refractivity contribution in [2.24, 2.45) is 0 Å². The van der Waals surface area contributed by atoms with E-state index in [2.05, 4.69) is 17.2 Å². The number of unbranched alkanes of at least 4 members (excludes halogenated alkanes) is 1. The molecule has 1 heterocycles. The van der Waals surface area contributed by atoms with Crippen LogP contribution in [-0.2, 0) is 4.74 Å². The molecule has 1 aliphatic rings. The Kier molecular flexibility index (Phi) is 6.97. The summed E-state index contributed by atoms with van der Waals surface area (Å²) < 4.78 is 5.60. The van der Waals surface area contributed by atoms with Gasteiger partial charge in [-0.1, -0.05) is 18.2 Å². The highest BCUT2D eigenvalue weighted by atomic mass is 16.5. The molecule has 0 spiro atoms. The lowest BCUT2D eigenvalue weighted by Crippen LogP contribution is -2.25. The summed E-state index contributed by atoms with van der Waals surface area (Å²) in [6.45, 7) is 5.95. The number of hydrogen-bond donors (Lipinski definition) is 2. The SMILES string of the molecule is C=CCNc1ccccc1C(=O)NCCCC[C@@H]1CCCO1. The molecule has 2 rings (SSSR count). The van der Waals surface area contributed by atoms with Crippen molar-refractivity contribution in [1.82, 2.24) is 5.32 Å². The fraction of sp³-hybridized carbons (Fsp3) is 0.500. The third kappa shape index (κ3) is 5.19. The van der Waals surface area contributed by atoms with E-state index in [9.17, 15) is 4.79 Å². The summed E-state index contributed by atoms with van der Waals surface area (Å²) in [5, 5.41) is 6.18. The number of benzene rings is 1. The summed E-state index contributed by atoms with van der Waals surface area (Å²) in [4.78, 5) is 12.2. The zero-order valence-electron chi connectivity index (χ0n) is 13.1. The number of rotatable bonds is 9. The molecule has 0 aromatic heterocycles. The van der Waals surface area contributed by atoms with Gasteiger partial charge in [-0.15, -0.1) is 6.58 Å². The van der Waals surface area contributed by atoms with Crippen LogP contribution in [0.4, 0.5) is 5.69 Å². The number of hydrogen-bond acceptors (Lipinski definition) is 3. The van der Waals surface area contributed by atoms with Crippen LogP contribution >= 0.6 is 0 Å². The topological polar surface area (TPSA) is 50.4 Å². The quantitative estimate of drug-likeness (QED) is 0.543. The maximum absolute atomic E-state index is 12.2. The largest absolute Gasteiger partial charge is 0.381 e. The van der Waals surface area contributed by atoms with Crippen LogP contribution in [0.2, 0.25) is 0 Å². The van der Waals surface area contributed by atoms with E-state index in [4.69, 9.17) is 4.74 Å². The van der Waals surface area contributed by atoms with Crippen molar-refractivity contribution in [1.29, 1.82) is 0 Å². The first kappa shape index (κ1) is 16.6. The molecule has 2 N–H and O–H groups in total. The van der Waals surface area contributed by atoms with Crippen LogP contribution in [0, 0.1) is 0 Å². The number of nitrogens with one attached hydrogen (secondary N) is 2. The average molecular weight is 302 g/mol. The summed E-state index contributed by atoms with van der Waals surface area (Å²) in [7, 11) is 0. The average Bonchev–Trinajstić information content (AvgIpc) is 3.06. The minimum Gasteiger partial charge on any atom is -0.381 e. The number of carbonyl (C=O) groups excluding carboxylic acids is 1. The molecular weight excluding hydrogens is 276 g/mol. The third-order valence-corrected chi connectivity index (χ3v) is 3.87. The Morgan fingerprint density at radius 2 is 2.23 bits per heavy atom. The van der Waals surface area contributed by atoms with E-state index in [1.165, 1.54) is 12.8 Å². The molecule has 1 atom stereocenters. The lowest BCUT2D eigenvalue weighted by atomic mass is 10.1. The van der Waals surface area contributed by atoms with Gasteiger partial charge in [0, 0.05) is 25.4 Å². The molecule has 1 aromatic carbocycles. The summed E-state index contributed by atoms with van der Waals surface area (Å²) in [6.07, 6.45) is 7.80. The van der Waals surface area contributed by atoms with Crippen molar-refractivity contribution >= 4 is 11.6 Å². The highest BCUT2D eigenvalue weighted by molar-refractivity contribution is 5.99. The molecule has 0 aliphatic carbocycles. The molecule has 1 aromatic rings. The Hall–Kier alpha value is -1.81. The van der Waals surface area contributed by atoms with Crippen molar-refractivity contribution in [3.8, 4) is 0 Å². The second-order valence-corrected chi connectivity index (χ2v) is 5.60. The van der Waals surface area contributed by atoms with Crippen molar-refractivity contribution < 1.29 is 9.53 Å². The van der Waals surface area contributed by atoms with Crippen molar-refractivity contribution in [3.63, 3.8) is 0 Å². The molecule has 22 heavy (non-hydrogen) atoms. The zero-order chi connectivity index (χ0) is 15.6. The summed E-state index contributed by atoms with van der Waals surface area (Å²) in [5.41, 5.74) is 1.53. The normalized spacial score (nSPS) is 17.2. The van der Waals surface area contributed by atoms with Crippen molar-refractivity contribution in [2.75, 3.05) is 25.0 Å². The smallest absolute Gasteiger partial charge is 0.253 e. The lowest BCUT2D eigenvalue weighted by Gasteiger charge is -2.12. The van der Waals surface area contributed by atoms with Gasteiger partial charge in [-0.3, -0.25) is 4.79 Å². The van der Waals surface area contributed by atoms with E-state index in [1.807, 2.05) is 24.3 Å². The van der Waals surface area contributed by atoms with Crippen LogP contribution in [0.3, 0.4) is 0 Å². The molecular formula is C18H26N2O2. The van der Waals surface area contributed by atoms with Gasteiger partial charge in [0.05, 0.1) is 11.7 Å². The van der Waals surface area contributed by atoms with E-state index in [-0.39, 0.29) is 5.91 Å². The molecule has 0 unspecified atom stereocenters. The first-order valence-electron chi connectivity index (χ1n) is 8.15. The summed E-state index contributed by atoms with van der Waals surface area (Å²) in [6, 6.07) is 7.55. The molecule has 1 amide bonds. The van der Waals surface area contributed by atoms with E-state index >= 15 is 0 Å². The van der Waals surface area contributed by atoms with Gasteiger partial charge in [-0.05, 0) is 44.2 Å². The van der Waals surface area contributed by atoms with Crippen LogP contribution in [0.5, 0.6) is 0 Å². The maximum Gasteiger partial charge on any atom is 0.253 e. The van der Waals surface area contributed by atoms with Crippen LogP contribution in [-0.4, -0.2) is 31.7 Å². The molecule has 4 heteroatoms. The molecule has 4 nitrogen and oxygen atoms in total. The first-order chi connectivity index (χ1) is 10.8. The van der Waals surface area contributed by atoms with Gasteiger partial charge in [0.25, 0.3) is 5.91 Å². The highest BCUT2D eigenvalue weighted by Crippen LogP contribution is 2.17. The minimum absolute atomic E-state index is 0.0238. The number of para-hydroxylation sites is 1. The predicted molar refractivity (Wildman–Crippen MR) is 90.3 cm³/mol. The molecule has 1 saturated heterocycles. The van der Waals surface area contributed by atoms with Gasteiger partial charge in [-0.2, -0.15) is 0 Å². The Labute approximate surface area is 132 Å². The van der Waals surface area contributed by atoms with Gasteiger partial charge in [0.2, 0.25) is 0 Å². The molecule has 120 valence electrons. The van der Waals surface area contributed by atoms with Gasteiger partial charge in [-0.25, -0.2) is 0 Å². The second-order valence-electron chi connectivity index (χ2n) is 5.60. The van der Waals surface area contributed by atoms with E-state index in [1.54, 1.807) is 6.08 Å². The third-order valence-electron chi connectivity index (χ3n) is 3.87. The fourth-order valence-electron chi connectivity index (χ4n) is 2.68. The summed E-state index contributed by atoms with van der Waals surface area (Å²) >= 11 is 0. The van der Waals surface area contributed by atoms with Gasteiger partial charge >= 0.3 is 0 Å². The Morgan fingerprint density at radius 1 is 1.36 bits per heavy atom. The van der Waals surface area contributed by atoms with Crippen LogP contribution in [0.1, 0.15) is 42.5 Å². The lowest BCUT2D eigenvalue weighted by molar-refractivity contribution is 0.0948. The Balaban J connectivity index is 1.71. The monoisotopic (exact) mass is 302 g/mol. The number of anilines is 1. The van der Waals surface area contributed by atoms with Crippen molar-refractivity contribution in [2.45, 2.75) is 38.2 Å². The molecule has 1 fully saturated rings. The van der Waals surface area contributed by atoms with Gasteiger partial charge in [0.1, 0.15) is 0 Å². The molecule has 0 radical (unpaired) electrons.